The summed E-state index contributed by atoms with van der Waals surface area (Å²) < 4.78 is 5.15. The van der Waals surface area contributed by atoms with E-state index in [1.165, 1.54) is 7.11 Å². The zero-order valence-electron chi connectivity index (χ0n) is 12.1. The minimum absolute atomic E-state index is 0.0394. The highest BCUT2D eigenvalue weighted by Gasteiger charge is 2.57. The van der Waals surface area contributed by atoms with Crippen molar-refractivity contribution < 1.29 is 9.53 Å². The van der Waals surface area contributed by atoms with E-state index in [0.717, 1.165) is 39.0 Å². The van der Waals surface area contributed by atoms with Crippen molar-refractivity contribution in [3.05, 3.63) is 0 Å². The molecule has 18 heavy (non-hydrogen) atoms. The third-order valence-corrected chi connectivity index (χ3v) is 4.64. The number of piperazine rings is 1. The monoisotopic (exact) mass is 254 g/mol. The number of methoxy groups -OCH3 is 1. The van der Waals surface area contributed by atoms with Gasteiger partial charge in [0.2, 0.25) is 0 Å². The van der Waals surface area contributed by atoms with Gasteiger partial charge in [0.05, 0.1) is 7.11 Å². The van der Waals surface area contributed by atoms with Crippen LogP contribution in [-0.2, 0) is 9.53 Å². The first-order valence-corrected chi connectivity index (χ1v) is 6.96. The number of ether oxygens (including phenoxy) is 1. The third kappa shape index (κ3) is 2.16. The van der Waals surface area contributed by atoms with Crippen LogP contribution in [0.4, 0.5) is 0 Å². The molecule has 2 aliphatic rings. The van der Waals surface area contributed by atoms with Gasteiger partial charge in [-0.15, -0.1) is 0 Å². The lowest BCUT2D eigenvalue weighted by Gasteiger charge is -2.44. The normalized spacial score (nSPS) is 36.6. The molecule has 1 heterocycles. The van der Waals surface area contributed by atoms with Crippen molar-refractivity contribution in [3.63, 3.8) is 0 Å². The average Bonchev–Trinajstić information content (AvgIpc) is 2.60. The largest absolute Gasteiger partial charge is 0.468 e. The van der Waals surface area contributed by atoms with Crippen molar-refractivity contribution >= 4 is 5.97 Å². The minimum Gasteiger partial charge on any atom is -0.468 e. The van der Waals surface area contributed by atoms with Crippen LogP contribution in [0.2, 0.25) is 0 Å². The Morgan fingerprint density at radius 2 is 1.94 bits per heavy atom. The van der Waals surface area contributed by atoms with Crippen LogP contribution in [-0.4, -0.2) is 49.7 Å². The molecule has 0 radical (unpaired) electrons. The van der Waals surface area contributed by atoms with Gasteiger partial charge in [-0.05, 0) is 24.2 Å². The maximum atomic E-state index is 12.4. The molecule has 1 N–H and O–H groups in total. The van der Waals surface area contributed by atoms with Gasteiger partial charge in [0.1, 0.15) is 5.54 Å². The van der Waals surface area contributed by atoms with E-state index < -0.39 is 5.54 Å². The van der Waals surface area contributed by atoms with Crippen LogP contribution in [0, 0.1) is 11.3 Å². The lowest BCUT2D eigenvalue weighted by atomic mass is 9.84. The van der Waals surface area contributed by atoms with Crippen molar-refractivity contribution in [2.45, 2.75) is 39.2 Å². The van der Waals surface area contributed by atoms with E-state index in [4.69, 9.17) is 4.74 Å². The molecule has 4 heteroatoms. The zero-order valence-corrected chi connectivity index (χ0v) is 12.1. The summed E-state index contributed by atoms with van der Waals surface area (Å²) in [7, 11) is 1.52. The van der Waals surface area contributed by atoms with Crippen molar-refractivity contribution in [2.24, 2.45) is 11.3 Å². The summed E-state index contributed by atoms with van der Waals surface area (Å²) in [5.41, 5.74) is -0.182. The summed E-state index contributed by atoms with van der Waals surface area (Å²) in [6.45, 7) is 10.5. The first-order valence-electron chi connectivity index (χ1n) is 6.96. The number of esters is 1. The van der Waals surface area contributed by atoms with E-state index in [1.807, 2.05) is 0 Å². The molecule has 1 aliphatic carbocycles. The molecule has 1 saturated carbocycles. The van der Waals surface area contributed by atoms with E-state index in [-0.39, 0.29) is 11.4 Å². The van der Waals surface area contributed by atoms with Gasteiger partial charge in [-0.3, -0.25) is 9.69 Å². The number of rotatable bonds is 2. The fourth-order valence-corrected chi connectivity index (χ4v) is 4.04. The molecular formula is C14H26N2O2. The maximum absolute atomic E-state index is 12.4. The number of hydrogen-bond donors (Lipinski definition) is 1. The molecule has 2 atom stereocenters. The third-order valence-electron chi connectivity index (χ3n) is 4.64. The first kappa shape index (κ1) is 13.8. The van der Waals surface area contributed by atoms with Crippen LogP contribution in [0.3, 0.4) is 0 Å². The summed E-state index contributed by atoms with van der Waals surface area (Å²) >= 11 is 0. The van der Waals surface area contributed by atoms with Gasteiger partial charge in [0, 0.05) is 26.2 Å². The molecule has 2 fully saturated rings. The van der Waals surface area contributed by atoms with E-state index in [2.05, 4.69) is 31.0 Å². The molecule has 1 aliphatic heterocycles. The van der Waals surface area contributed by atoms with E-state index in [9.17, 15) is 4.79 Å². The Kier molecular flexibility index (Phi) is 3.70. The fourth-order valence-electron chi connectivity index (χ4n) is 4.04. The fraction of sp³-hybridized carbons (Fsp3) is 0.929. The van der Waals surface area contributed by atoms with Crippen LogP contribution in [0.15, 0.2) is 0 Å². The number of carbonyl (C=O) groups excluding carboxylic acids is 1. The highest BCUT2D eigenvalue weighted by atomic mass is 16.5. The number of hydrogen-bond acceptors (Lipinski definition) is 4. The summed E-state index contributed by atoms with van der Waals surface area (Å²) in [6, 6.07) is 0. The standard InChI is InChI=1S/C14H26N2O2/c1-11-9-13(2,3)10-14(11,12(17)18-4)16-7-5-15-6-8-16/h11,15H,5-10H2,1-4H3. The molecule has 0 spiro atoms. The zero-order chi connectivity index (χ0) is 13.4. The Morgan fingerprint density at radius 3 is 2.39 bits per heavy atom. The first-order chi connectivity index (χ1) is 8.42. The Balaban J connectivity index is 2.31. The summed E-state index contributed by atoms with van der Waals surface area (Å²) in [4.78, 5) is 14.8. The van der Waals surface area contributed by atoms with Crippen LogP contribution in [0.1, 0.15) is 33.6 Å². The maximum Gasteiger partial charge on any atom is 0.326 e. The van der Waals surface area contributed by atoms with Gasteiger partial charge in [-0.1, -0.05) is 20.8 Å². The van der Waals surface area contributed by atoms with E-state index >= 15 is 0 Å². The van der Waals surface area contributed by atoms with Crippen LogP contribution >= 0.6 is 0 Å². The molecule has 0 bridgehead atoms. The Hall–Kier alpha value is -0.610. The molecule has 0 aromatic carbocycles. The van der Waals surface area contributed by atoms with Gasteiger partial charge in [0.25, 0.3) is 0 Å². The van der Waals surface area contributed by atoms with Crippen molar-refractivity contribution in [3.8, 4) is 0 Å². The minimum atomic E-state index is -0.402. The van der Waals surface area contributed by atoms with Crippen molar-refractivity contribution in [1.82, 2.24) is 10.2 Å². The van der Waals surface area contributed by atoms with Gasteiger partial charge >= 0.3 is 5.97 Å². The Labute approximate surface area is 110 Å². The van der Waals surface area contributed by atoms with Crippen LogP contribution in [0.25, 0.3) is 0 Å². The van der Waals surface area contributed by atoms with Gasteiger partial charge in [-0.2, -0.15) is 0 Å². The molecule has 2 unspecified atom stereocenters. The highest BCUT2D eigenvalue weighted by molar-refractivity contribution is 5.82. The van der Waals surface area contributed by atoms with Crippen molar-refractivity contribution in [2.75, 3.05) is 33.3 Å². The topological polar surface area (TPSA) is 41.6 Å². The molecular weight excluding hydrogens is 228 g/mol. The molecule has 104 valence electrons. The SMILES string of the molecule is COC(=O)C1(N2CCNCC2)CC(C)(C)CC1C. The molecule has 0 amide bonds. The van der Waals surface area contributed by atoms with Gasteiger partial charge < -0.3 is 10.1 Å². The second kappa shape index (κ2) is 4.82. The predicted molar refractivity (Wildman–Crippen MR) is 71.4 cm³/mol. The Bertz CT molecular complexity index is 324. The predicted octanol–water partition coefficient (Wildman–Crippen LogP) is 1.26. The molecule has 1 saturated heterocycles. The number of carbonyl (C=O) groups is 1. The lowest BCUT2D eigenvalue weighted by Crippen LogP contribution is -2.62. The molecule has 0 aromatic heterocycles. The Morgan fingerprint density at radius 1 is 1.33 bits per heavy atom. The molecule has 0 aromatic rings. The summed E-state index contributed by atoms with van der Waals surface area (Å²) in [6.07, 6.45) is 2.00. The molecule has 4 nitrogen and oxygen atoms in total. The smallest absolute Gasteiger partial charge is 0.326 e. The van der Waals surface area contributed by atoms with E-state index in [0.29, 0.717) is 5.92 Å². The van der Waals surface area contributed by atoms with Gasteiger partial charge in [-0.25, -0.2) is 0 Å². The number of nitrogens with zero attached hydrogens (tertiary/aromatic N) is 1. The molecule has 2 rings (SSSR count). The summed E-state index contributed by atoms with van der Waals surface area (Å²) in [5, 5.41) is 3.35. The number of nitrogens with one attached hydrogen (secondary N) is 1. The second-order valence-electron chi connectivity index (χ2n) is 6.60. The quantitative estimate of drug-likeness (QED) is 0.753. The highest BCUT2D eigenvalue weighted by Crippen LogP contribution is 2.51. The van der Waals surface area contributed by atoms with Crippen LogP contribution < -0.4 is 5.32 Å². The van der Waals surface area contributed by atoms with Crippen LogP contribution in [0.5, 0.6) is 0 Å². The van der Waals surface area contributed by atoms with Crippen molar-refractivity contribution in [1.29, 1.82) is 0 Å². The average molecular weight is 254 g/mol. The second-order valence-corrected chi connectivity index (χ2v) is 6.60. The van der Waals surface area contributed by atoms with Gasteiger partial charge in [0.15, 0.2) is 0 Å². The summed E-state index contributed by atoms with van der Waals surface area (Å²) in [5.74, 6) is 0.320. The lowest BCUT2D eigenvalue weighted by molar-refractivity contribution is -0.159. The van der Waals surface area contributed by atoms with E-state index in [1.54, 1.807) is 0 Å².